The molecule has 0 aliphatic heterocycles. The smallest absolute Gasteiger partial charge is 0.273 e. The molecule has 0 aliphatic rings. The number of nitriles is 1. The van der Waals surface area contributed by atoms with Gasteiger partial charge in [0.2, 0.25) is 0 Å². The van der Waals surface area contributed by atoms with Gasteiger partial charge >= 0.3 is 0 Å². The number of benzene rings is 3. The molecule has 0 heterocycles. The van der Waals surface area contributed by atoms with Gasteiger partial charge in [0.1, 0.15) is 24.0 Å². The van der Waals surface area contributed by atoms with Crippen molar-refractivity contribution in [2.75, 3.05) is 12.4 Å². The summed E-state index contributed by atoms with van der Waals surface area (Å²) in [5.74, 6) is -0.382. The summed E-state index contributed by atoms with van der Waals surface area (Å²) in [5, 5.41) is 32.5. The lowest BCUT2D eigenvalue weighted by Gasteiger charge is -2.12. The summed E-state index contributed by atoms with van der Waals surface area (Å²) in [5.41, 5.74) is 0.829. The molecule has 0 radical (unpaired) electrons. The van der Waals surface area contributed by atoms with Crippen LogP contribution in [0.15, 0.2) is 70.7 Å². The highest BCUT2D eigenvalue weighted by Crippen LogP contribution is 2.31. The molecule has 3 rings (SSSR count). The molecule has 10 heteroatoms. The molecule has 0 unspecified atom stereocenters. The van der Waals surface area contributed by atoms with Gasteiger partial charge in [0, 0.05) is 10.5 Å². The first-order valence-electron chi connectivity index (χ1n) is 9.76. The van der Waals surface area contributed by atoms with Crippen molar-refractivity contribution in [3.05, 3.63) is 92.0 Å². The normalized spacial score (nSPS) is 10.8. The zero-order valence-electron chi connectivity index (χ0n) is 17.8. The van der Waals surface area contributed by atoms with E-state index in [1.54, 1.807) is 24.3 Å². The van der Waals surface area contributed by atoms with Crippen LogP contribution < -0.4 is 14.8 Å². The predicted octanol–water partition coefficient (Wildman–Crippen LogP) is 5.20. The van der Waals surface area contributed by atoms with Crippen LogP contribution >= 0.6 is 15.9 Å². The Morgan fingerprint density at radius 2 is 1.91 bits per heavy atom. The number of carbonyl (C=O) groups excluding carboxylic acids is 1. The van der Waals surface area contributed by atoms with E-state index in [0.29, 0.717) is 23.7 Å². The Morgan fingerprint density at radius 1 is 1.18 bits per heavy atom. The monoisotopic (exact) mass is 523 g/mol. The van der Waals surface area contributed by atoms with E-state index in [9.17, 15) is 25.3 Å². The number of phenolic OH excluding ortho intramolecular Hbond substituents is 1. The van der Waals surface area contributed by atoms with E-state index in [-0.39, 0.29) is 16.9 Å². The molecule has 0 saturated carbocycles. The molecule has 0 aromatic heterocycles. The van der Waals surface area contributed by atoms with Gasteiger partial charge in [-0.15, -0.1) is 0 Å². The quantitative estimate of drug-likeness (QED) is 0.136. The van der Waals surface area contributed by atoms with E-state index >= 15 is 0 Å². The maximum atomic E-state index is 12.5. The van der Waals surface area contributed by atoms with E-state index in [1.165, 1.54) is 19.3 Å². The summed E-state index contributed by atoms with van der Waals surface area (Å²) in [7, 11) is 1.48. The van der Waals surface area contributed by atoms with E-state index < -0.39 is 16.6 Å². The van der Waals surface area contributed by atoms with Gasteiger partial charge in [-0.1, -0.05) is 34.1 Å². The summed E-state index contributed by atoms with van der Waals surface area (Å²) in [6, 6.07) is 17.6. The number of carbonyl (C=O) groups is 1. The molecular weight excluding hydrogens is 506 g/mol. The second-order valence-electron chi connectivity index (χ2n) is 6.91. The lowest BCUT2D eigenvalue weighted by molar-refractivity contribution is -0.384. The summed E-state index contributed by atoms with van der Waals surface area (Å²) < 4.78 is 12.2. The Bertz CT molecular complexity index is 1300. The second kappa shape index (κ2) is 11.0. The first kappa shape index (κ1) is 24.3. The maximum Gasteiger partial charge on any atom is 0.273 e. The Balaban J connectivity index is 1.75. The van der Waals surface area contributed by atoms with Gasteiger partial charge < -0.3 is 19.9 Å². The largest absolute Gasteiger partial charge is 0.506 e. The highest BCUT2D eigenvalue weighted by atomic mass is 79.9. The van der Waals surface area contributed by atoms with E-state index in [0.717, 1.165) is 22.2 Å². The standard InChI is InChI=1S/C24H18BrN3O6/c1-33-23-11-16(4-9-22(23)34-14-15-2-5-18(25)6-3-15)10-17(13-26)24(30)27-20-8-7-19(28(31)32)12-21(20)29/h2-12,29H,14H2,1H3,(H,27,30)/b17-10+. The van der Waals surface area contributed by atoms with Crippen molar-refractivity contribution in [1.29, 1.82) is 5.26 Å². The Labute approximate surface area is 203 Å². The molecular formula is C24H18BrN3O6. The molecule has 0 aliphatic carbocycles. The molecule has 0 atom stereocenters. The van der Waals surface area contributed by atoms with Crippen molar-refractivity contribution >= 4 is 39.3 Å². The minimum Gasteiger partial charge on any atom is -0.506 e. The third-order valence-electron chi connectivity index (χ3n) is 4.61. The number of non-ortho nitro benzene ring substituents is 1. The molecule has 0 bridgehead atoms. The number of phenols is 1. The first-order valence-corrected chi connectivity index (χ1v) is 10.6. The number of nitro benzene ring substituents is 1. The number of nitrogens with one attached hydrogen (secondary N) is 1. The Kier molecular flexibility index (Phi) is 7.84. The van der Waals surface area contributed by atoms with Crippen LogP contribution in [-0.2, 0) is 11.4 Å². The Hall–Kier alpha value is -4.36. The molecule has 3 aromatic rings. The van der Waals surface area contributed by atoms with Gasteiger partial charge in [0.05, 0.1) is 23.8 Å². The minimum absolute atomic E-state index is 0.0639. The van der Waals surface area contributed by atoms with Gasteiger partial charge in [0.25, 0.3) is 11.6 Å². The van der Waals surface area contributed by atoms with Gasteiger partial charge in [-0.2, -0.15) is 5.26 Å². The number of nitrogens with zero attached hydrogens (tertiary/aromatic N) is 2. The SMILES string of the molecule is COc1cc(/C=C(\C#N)C(=O)Nc2ccc([N+](=O)[O-])cc2O)ccc1OCc1ccc(Br)cc1. The summed E-state index contributed by atoms with van der Waals surface area (Å²) in [4.78, 5) is 22.6. The van der Waals surface area contributed by atoms with Crippen LogP contribution in [0.3, 0.4) is 0 Å². The lowest BCUT2D eigenvalue weighted by atomic mass is 10.1. The number of amides is 1. The zero-order chi connectivity index (χ0) is 24.7. The number of methoxy groups -OCH3 is 1. The summed E-state index contributed by atoms with van der Waals surface area (Å²) in [6.45, 7) is 0.323. The van der Waals surface area contributed by atoms with Crippen LogP contribution in [-0.4, -0.2) is 23.0 Å². The van der Waals surface area contributed by atoms with Crippen molar-refractivity contribution in [3.63, 3.8) is 0 Å². The lowest BCUT2D eigenvalue weighted by Crippen LogP contribution is -2.13. The van der Waals surface area contributed by atoms with E-state index in [1.807, 2.05) is 24.3 Å². The average Bonchev–Trinajstić information content (AvgIpc) is 2.83. The zero-order valence-corrected chi connectivity index (χ0v) is 19.4. The van der Waals surface area contributed by atoms with Gasteiger partial charge in [-0.05, 0) is 47.5 Å². The fraction of sp³-hybridized carbons (Fsp3) is 0.0833. The van der Waals surface area contributed by atoms with Crippen molar-refractivity contribution in [2.45, 2.75) is 6.61 Å². The number of hydrogen-bond donors (Lipinski definition) is 2. The van der Waals surface area contributed by atoms with Crippen LogP contribution in [0.1, 0.15) is 11.1 Å². The van der Waals surface area contributed by atoms with E-state index in [2.05, 4.69) is 21.2 Å². The van der Waals surface area contributed by atoms with Gasteiger partial charge in [-0.25, -0.2) is 0 Å². The van der Waals surface area contributed by atoms with Crippen LogP contribution in [0, 0.1) is 21.4 Å². The Morgan fingerprint density at radius 3 is 2.53 bits per heavy atom. The number of anilines is 1. The number of halogens is 1. The maximum absolute atomic E-state index is 12.5. The fourth-order valence-electron chi connectivity index (χ4n) is 2.88. The molecule has 9 nitrogen and oxygen atoms in total. The van der Waals surface area contributed by atoms with Crippen molar-refractivity contribution in [1.82, 2.24) is 0 Å². The molecule has 2 N–H and O–H groups in total. The van der Waals surface area contributed by atoms with Crippen LogP contribution in [0.25, 0.3) is 6.08 Å². The highest BCUT2D eigenvalue weighted by Gasteiger charge is 2.15. The summed E-state index contributed by atoms with van der Waals surface area (Å²) in [6.07, 6.45) is 1.35. The third-order valence-corrected chi connectivity index (χ3v) is 5.14. The fourth-order valence-corrected chi connectivity index (χ4v) is 3.14. The molecule has 0 saturated heterocycles. The van der Waals surface area contributed by atoms with Crippen LogP contribution in [0.5, 0.6) is 17.2 Å². The molecule has 34 heavy (non-hydrogen) atoms. The second-order valence-corrected chi connectivity index (χ2v) is 7.82. The number of rotatable bonds is 8. The predicted molar refractivity (Wildman–Crippen MR) is 128 cm³/mol. The number of nitro groups is 1. The topological polar surface area (TPSA) is 135 Å². The van der Waals surface area contributed by atoms with Gasteiger partial charge in [0.15, 0.2) is 11.5 Å². The first-order chi connectivity index (χ1) is 16.3. The number of ether oxygens (including phenoxy) is 2. The van der Waals surface area contributed by atoms with Crippen molar-refractivity contribution in [2.24, 2.45) is 0 Å². The van der Waals surface area contributed by atoms with Gasteiger partial charge in [-0.3, -0.25) is 14.9 Å². The molecule has 0 spiro atoms. The minimum atomic E-state index is -0.791. The number of hydrogen-bond acceptors (Lipinski definition) is 7. The highest BCUT2D eigenvalue weighted by molar-refractivity contribution is 9.10. The van der Waals surface area contributed by atoms with Crippen molar-refractivity contribution in [3.8, 4) is 23.3 Å². The van der Waals surface area contributed by atoms with Crippen molar-refractivity contribution < 1.29 is 24.3 Å². The summed E-state index contributed by atoms with van der Waals surface area (Å²) >= 11 is 3.38. The third kappa shape index (κ3) is 6.11. The van der Waals surface area contributed by atoms with E-state index in [4.69, 9.17) is 9.47 Å². The molecule has 1 amide bonds. The van der Waals surface area contributed by atoms with Crippen LogP contribution in [0.2, 0.25) is 0 Å². The molecule has 0 fully saturated rings. The molecule has 172 valence electrons. The van der Waals surface area contributed by atoms with Crippen LogP contribution in [0.4, 0.5) is 11.4 Å². The number of aromatic hydroxyl groups is 1. The molecule has 3 aromatic carbocycles. The average molecular weight is 524 g/mol.